The molecular weight excluding hydrogens is 142 g/mol. The third-order valence-electron chi connectivity index (χ3n) is 1.41. The highest BCUT2D eigenvalue weighted by Gasteiger charge is 2.32. The van der Waals surface area contributed by atoms with Crippen molar-refractivity contribution in [1.29, 1.82) is 0 Å². The van der Waals surface area contributed by atoms with Crippen molar-refractivity contribution in [1.82, 2.24) is 0 Å². The number of nitrogens with two attached hydrogens (primary N) is 1. The molecule has 0 spiro atoms. The Hall–Kier alpha value is -0.570. The highest BCUT2D eigenvalue weighted by atomic mass is 16.3. The van der Waals surface area contributed by atoms with Crippen molar-refractivity contribution in [3.05, 3.63) is 0 Å². The van der Waals surface area contributed by atoms with Gasteiger partial charge in [-0.05, 0) is 18.8 Å². The molecule has 1 atom stereocenters. The average molecular weight is 159 g/mol. The largest absolute Gasteiger partial charge is 0.380 e. The molecule has 0 heterocycles. The van der Waals surface area contributed by atoms with Crippen molar-refractivity contribution in [3.63, 3.8) is 0 Å². The van der Waals surface area contributed by atoms with Gasteiger partial charge < -0.3 is 10.8 Å². The molecule has 0 rings (SSSR count). The fourth-order valence-electron chi connectivity index (χ4n) is 1.12. The second-order valence-electron chi connectivity index (χ2n) is 4.38. The number of primary amides is 1. The third-order valence-corrected chi connectivity index (χ3v) is 1.41. The van der Waals surface area contributed by atoms with E-state index in [-0.39, 0.29) is 5.41 Å². The topological polar surface area (TPSA) is 63.3 Å². The van der Waals surface area contributed by atoms with Gasteiger partial charge in [0.2, 0.25) is 5.91 Å². The molecule has 0 saturated carbocycles. The van der Waals surface area contributed by atoms with Gasteiger partial charge in [-0.15, -0.1) is 0 Å². The molecular formula is C8H17NO2. The van der Waals surface area contributed by atoms with E-state index in [2.05, 4.69) is 0 Å². The minimum Gasteiger partial charge on any atom is -0.380 e. The van der Waals surface area contributed by atoms with Crippen LogP contribution in [0.25, 0.3) is 0 Å². The second-order valence-corrected chi connectivity index (χ2v) is 4.38. The number of rotatable bonds is 2. The minimum absolute atomic E-state index is 0.0848. The summed E-state index contributed by atoms with van der Waals surface area (Å²) in [5.74, 6) is -0.660. The second kappa shape index (κ2) is 2.81. The first-order chi connectivity index (χ1) is 4.65. The summed E-state index contributed by atoms with van der Waals surface area (Å²) >= 11 is 0. The number of hydrogen-bond acceptors (Lipinski definition) is 2. The fraction of sp³-hybridized carbons (Fsp3) is 0.875. The lowest BCUT2D eigenvalue weighted by Gasteiger charge is -2.28. The van der Waals surface area contributed by atoms with Crippen molar-refractivity contribution in [2.75, 3.05) is 0 Å². The molecule has 0 saturated heterocycles. The zero-order chi connectivity index (χ0) is 9.28. The molecule has 0 radical (unpaired) electrons. The van der Waals surface area contributed by atoms with Gasteiger partial charge in [0.25, 0.3) is 0 Å². The van der Waals surface area contributed by atoms with Crippen LogP contribution in [0.3, 0.4) is 0 Å². The van der Waals surface area contributed by atoms with Crippen LogP contribution in [0.4, 0.5) is 0 Å². The number of hydrogen-bond donors (Lipinski definition) is 2. The van der Waals surface area contributed by atoms with Crippen LogP contribution >= 0.6 is 0 Å². The maximum atomic E-state index is 10.7. The van der Waals surface area contributed by atoms with Gasteiger partial charge in [-0.1, -0.05) is 20.8 Å². The SMILES string of the molecule is CC(C)(C)CC(C)(O)C(N)=O. The summed E-state index contributed by atoms with van der Waals surface area (Å²) < 4.78 is 0. The van der Waals surface area contributed by atoms with Crippen LogP contribution in [0.2, 0.25) is 0 Å². The third kappa shape index (κ3) is 3.98. The molecule has 66 valence electrons. The molecule has 0 aromatic carbocycles. The van der Waals surface area contributed by atoms with Crippen molar-refractivity contribution in [2.45, 2.75) is 39.7 Å². The van der Waals surface area contributed by atoms with Crippen LogP contribution in [0.1, 0.15) is 34.1 Å². The minimum atomic E-state index is -1.38. The highest BCUT2D eigenvalue weighted by Crippen LogP contribution is 2.26. The van der Waals surface area contributed by atoms with Crippen molar-refractivity contribution < 1.29 is 9.90 Å². The summed E-state index contributed by atoms with van der Waals surface area (Å²) in [6.07, 6.45) is 0.384. The number of aliphatic hydroxyl groups is 1. The summed E-state index contributed by atoms with van der Waals surface area (Å²) in [5, 5.41) is 9.45. The van der Waals surface area contributed by atoms with Crippen LogP contribution in [-0.2, 0) is 4.79 Å². The number of amides is 1. The van der Waals surface area contributed by atoms with E-state index in [9.17, 15) is 9.90 Å². The smallest absolute Gasteiger partial charge is 0.249 e. The summed E-state index contributed by atoms with van der Waals surface area (Å²) in [6, 6.07) is 0. The van der Waals surface area contributed by atoms with E-state index in [1.54, 1.807) is 0 Å². The zero-order valence-electron chi connectivity index (χ0n) is 7.64. The fourth-order valence-corrected chi connectivity index (χ4v) is 1.12. The van der Waals surface area contributed by atoms with Gasteiger partial charge >= 0.3 is 0 Å². The molecule has 3 nitrogen and oxygen atoms in total. The molecule has 0 aromatic heterocycles. The van der Waals surface area contributed by atoms with Gasteiger partial charge in [0.1, 0.15) is 5.60 Å². The van der Waals surface area contributed by atoms with E-state index in [4.69, 9.17) is 5.73 Å². The molecule has 0 aromatic rings. The number of carbonyl (C=O) groups is 1. The molecule has 3 N–H and O–H groups in total. The first-order valence-electron chi connectivity index (χ1n) is 3.67. The Kier molecular flexibility index (Phi) is 2.67. The molecule has 0 aliphatic heterocycles. The molecule has 1 amide bonds. The Morgan fingerprint density at radius 2 is 1.73 bits per heavy atom. The van der Waals surface area contributed by atoms with Gasteiger partial charge in [-0.3, -0.25) is 4.79 Å². The lowest BCUT2D eigenvalue weighted by atomic mass is 9.82. The van der Waals surface area contributed by atoms with E-state index >= 15 is 0 Å². The number of carbonyl (C=O) groups excluding carboxylic acids is 1. The Morgan fingerprint density at radius 1 is 1.36 bits per heavy atom. The molecule has 1 unspecified atom stereocenters. The molecule has 11 heavy (non-hydrogen) atoms. The maximum Gasteiger partial charge on any atom is 0.249 e. The summed E-state index contributed by atoms with van der Waals surface area (Å²) in [4.78, 5) is 10.7. The molecule has 0 aliphatic rings. The lowest BCUT2D eigenvalue weighted by Crippen LogP contribution is -2.43. The predicted octanol–water partition coefficient (Wildman–Crippen LogP) is 0.659. The van der Waals surface area contributed by atoms with Crippen LogP contribution in [0, 0.1) is 5.41 Å². The Balaban J connectivity index is 4.25. The maximum absolute atomic E-state index is 10.7. The van der Waals surface area contributed by atoms with Crippen LogP contribution in [-0.4, -0.2) is 16.6 Å². The van der Waals surface area contributed by atoms with Crippen molar-refractivity contribution in [3.8, 4) is 0 Å². The van der Waals surface area contributed by atoms with E-state index in [0.717, 1.165) is 0 Å². The first kappa shape index (κ1) is 10.4. The Morgan fingerprint density at radius 3 is 1.82 bits per heavy atom. The molecule has 3 heteroatoms. The quantitative estimate of drug-likeness (QED) is 0.621. The van der Waals surface area contributed by atoms with Crippen LogP contribution in [0.5, 0.6) is 0 Å². The van der Waals surface area contributed by atoms with E-state index in [1.807, 2.05) is 20.8 Å². The first-order valence-corrected chi connectivity index (χ1v) is 3.67. The Labute approximate surface area is 67.6 Å². The highest BCUT2D eigenvalue weighted by molar-refractivity contribution is 5.82. The lowest BCUT2D eigenvalue weighted by molar-refractivity contribution is -0.137. The summed E-state index contributed by atoms with van der Waals surface area (Å²) in [5.41, 5.74) is 3.53. The summed E-state index contributed by atoms with van der Waals surface area (Å²) in [7, 11) is 0. The average Bonchev–Trinajstić information content (AvgIpc) is 1.56. The van der Waals surface area contributed by atoms with Crippen molar-refractivity contribution in [2.24, 2.45) is 11.1 Å². The van der Waals surface area contributed by atoms with Crippen molar-refractivity contribution >= 4 is 5.91 Å². The van der Waals surface area contributed by atoms with E-state index in [0.29, 0.717) is 6.42 Å². The van der Waals surface area contributed by atoms with Gasteiger partial charge in [0, 0.05) is 0 Å². The van der Waals surface area contributed by atoms with Crippen LogP contribution in [0.15, 0.2) is 0 Å². The standard InChI is InChI=1S/C8H17NO2/c1-7(2,3)5-8(4,11)6(9)10/h11H,5H2,1-4H3,(H2,9,10). The zero-order valence-corrected chi connectivity index (χ0v) is 7.64. The monoisotopic (exact) mass is 159 g/mol. The van der Waals surface area contributed by atoms with Crippen LogP contribution < -0.4 is 5.73 Å². The normalized spacial score (nSPS) is 17.5. The summed E-state index contributed by atoms with van der Waals surface area (Å²) in [6.45, 7) is 7.29. The molecule has 0 fully saturated rings. The predicted molar refractivity (Wildman–Crippen MR) is 43.9 cm³/mol. The van der Waals surface area contributed by atoms with Gasteiger partial charge in [-0.25, -0.2) is 0 Å². The Bertz CT molecular complexity index is 156. The van der Waals surface area contributed by atoms with E-state index in [1.165, 1.54) is 6.92 Å². The van der Waals surface area contributed by atoms with E-state index < -0.39 is 11.5 Å². The molecule has 0 bridgehead atoms. The molecule has 0 aliphatic carbocycles. The van der Waals surface area contributed by atoms with Gasteiger partial charge in [0.15, 0.2) is 0 Å². The van der Waals surface area contributed by atoms with Gasteiger partial charge in [0.05, 0.1) is 0 Å². The van der Waals surface area contributed by atoms with Gasteiger partial charge in [-0.2, -0.15) is 0 Å².